The Morgan fingerprint density at radius 1 is 1.40 bits per heavy atom. The molecule has 2 N–H and O–H groups in total. The maximum atomic E-state index is 13.2. The van der Waals surface area contributed by atoms with Gasteiger partial charge in [-0.1, -0.05) is 0 Å². The maximum absolute atomic E-state index is 13.2. The third-order valence-corrected chi connectivity index (χ3v) is 3.17. The molecule has 0 aliphatic heterocycles. The molecule has 20 heavy (non-hydrogen) atoms. The van der Waals surface area contributed by atoms with E-state index < -0.39 is 5.91 Å². The first-order chi connectivity index (χ1) is 9.56. The number of amides is 1. The van der Waals surface area contributed by atoms with Gasteiger partial charge < -0.3 is 9.73 Å². The van der Waals surface area contributed by atoms with Gasteiger partial charge in [0.25, 0.3) is 5.91 Å². The van der Waals surface area contributed by atoms with Crippen LogP contribution in [-0.2, 0) is 0 Å². The van der Waals surface area contributed by atoms with Crippen molar-refractivity contribution < 1.29 is 13.6 Å². The zero-order chi connectivity index (χ0) is 14.3. The number of rotatable bonds is 2. The van der Waals surface area contributed by atoms with Gasteiger partial charge in [0, 0.05) is 16.5 Å². The topological polar surface area (TPSA) is 70.9 Å². The van der Waals surface area contributed by atoms with Gasteiger partial charge in [0.15, 0.2) is 5.76 Å². The second-order valence-electron chi connectivity index (χ2n) is 4.58. The molecule has 1 aromatic carbocycles. The minimum absolute atomic E-state index is 0.166. The predicted octanol–water partition coefficient (Wildman–Crippen LogP) is 3.16. The first kappa shape index (κ1) is 12.4. The predicted molar refractivity (Wildman–Crippen MR) is 72.2 cm³/mol. The van der Waals surface area contributed by atoms with Crippen molar-refractivity contribution in [2.75, 3.05) is 5.32 Å². The molecule has 0 saturated carbocycles. The summed E-state index contributed by atoms with van der Waals surface area (Å²) in [7, 11) is 0. The lowest BCUT2D eigenvalue weighted by Gasteiger charge is -2.01. The molecule has 0 unspecified atom stereocenters. The molecule has 2 heterocycles. The lowest BCUT2D eigenvalue weighted by atomic mass is 10.1. The van der Waals surface area contributed by atoms with Crippen LogP contribution in [0, 0.1) is 19.7 Å². The number of H-pyrrole nitrogens is 1. The fraction of sp³-hybridized carbons (Fsp3) is 0.143. The van der Waals surface area contributed by atoms with Crippen LogP contribution >= 0.6 is 0 Å². The number of carbonyl (C=O) groups excluding carboxylic acids is 1. The second kappa shape index (κ2) is 4.48. The number of nitrogens with one attached hydrogen (secondary N) is 2. The molecule has 0 bridgehead atoms. The van der Waals surface area contributed by atoms with Crippen molar-refractivity contribution in [1.82, 2.24) is 10.2 Å². The van der Waals surface area contributed by atoms with Crippen LogP contribution in [0.4, 0.5) is 10.2 Å². The van der Waals surface area contributed by atoms with Crippen LogP contribution in [0.1, 0.15) is 21.7 Å². The molecule has 0 atom stereocenters. The SMILES string of the molecule is Cc1cn[nH]c1NC(=O)c1oc2ccc(F)cc2c1C. The van der Waals surface area contributed by atoms with Crippen LogP contribution in [0.3, 0.4) is 0 Å². The van der Waals surface area contributed by atoms with Crippen molar-refractivity contribution in [3.63, 3.8) is 0 Å². The van der Waals surface area contributed by atoms with Crippen LogP contribution in [0.2, 0.25) is 0 Å². The average Bonchev–Trinajstić information content (AvgIpc) is 2.95. The number of furan rings is 1. The minimum atomic E-state index is -0.397. The van der Waals surface area contributed by atoms with Gasteiger partial charge in [-0.05, 0) is 32.0 Å². The number of halogens is 1. The molecule has 3 aromatic rings. The van der Waals surface area contributed by atoms with E-state index in [1.807, 2.05) is 6.92 Å². The molecule has 3 rings (SSSR count). The quantitative estimate of drug-likeness (QED) is 0.753. The van der Waals surface area contributed by atoms with Crippen LogP contribution in [0.5, 0.6) is 0 Å². The first-order valence-electron chi connectivity index (χ1n) is 6.06. The molecule has 102 valence electrons. The molecule has 0 radical (unpaired) electrons. The molecular formula is C14H12FN3O2. The zero-order valence-corrected chi connectivity index (χ0v) is 11.0. The van der Waals surface area contributed by atoms with E-state index in [2.05, 4.69) is 15.5 Å². The van der Waals surface area contributed by atoms with Gasteiger partial charge >= 0.3 is 0 Å². The van der Waals surface area contributed by atoms with Gasteiger partial charge in [-0.2, -0.15) is 5.10 Å². The Bertz CT molecular complexity index is 804. The molecule has 0 saturated heterocycles. The molecule has 0 aliphatic rings. The van der Waals surface area contributed by atoms with E-state index in [0.717, 1.165) is 5.56 Å². The van der Waals surface area contributed by atoms with E-state index in [9.17, 15) is 9.18 Å². The van der Waals surface area contributed by atoms with E-state index >= 15 is 0 Å². The molecule has 6 heteroatoms. The highest BCUT2D eigenvalue weighted by atomic mass is 19.1. The molecule has 1 amide bonds. The van der Waals surface area contributed by atoms with Crippen molar-refractivity contribution >= 4 is 22.7 Å². The van der Waals surface area contributed by atoms with E-state index in [1.165, 1.54) is 18.2 Å². The van der Waals surface area contributed by atoms with E-state index in [1.54, 1.807) is 13.1 Å². The monoisotopic (exact) mass is 273 g/mol. The number of nitrogens with zero attached hydrogens (tertiary/aromatic N) is 1. The van der Waals surface area contributed by atoms with Crippen LogP contribution < -0.4 is 5.32 Å². The molecular weight excluding hydrogens is 261 g/mol. The number of benzene rings is 1. The largest absolute Gasteiger partial charge is 0.451 e. The van der Waals surface area contributed by atoms with Crippen molar-refractivity contribution in [2.24, 2.45) is 0 Å². The zero-order valence-electron chi connectivity index (χ0n) is 11.0. The number of aromatic amines is 1. The lowest BCUT2D eigenvalue weighted by molar-refractivity contribution is 0.0997. The van der Waals surface area contributed by atoms with Gasteiger partial charge in [-0.3, -0.25) is 9.89 Å². The van der Waals surface area contributed by atoms with Crippen molar-refractivity contribution in [2.45, 2.75) is 13.8 Å². The van der Waals surface area contributed by atoms with Crippen LogP contribution in [-0.4, -0.2) is 16.1 Å². The number of aryl methyl sites for hydroxylation is 2. The van der Waals surface area contributed by atoms with Gasteiger partial charge in [-0.15, -0.1) is 0 Å². The number of anilines is 1. The van der Waals surface area contributed by atoms with E-state index in [-0.39, 0.29) is 11.6 Å². The number of fused-ring (bicyclic) bond motifs is 1. The summed E-state index contributed by atoms with van der Waals surface area (Å²) < 4.78 is 18.7. The van der Waals surface area contributed by atoms with Gasteiger partial charge in [-0.25, -0.2) is 4.39 Å². The van der Waals surface area contributed by atoms with Gasteiger partial charge in [0.05, 0.1) is 6.20 Å². The van der Waals surface area contributed by atoms with Gasteiger partial charge in [0.1, 0.15) is 17.2 Å². The van der Waals surface area contributed by atoms with Crippen molar-refractivity contribution in [3.8, 4) is 0 Å². The summed E-state index contributed by atoms with van der Waals surface area (Å²) in [5, 5.41) is 9.78. The number of carbonyl (C=O) groups is 1. The lowest BCUT2D eigenvalue weighted by Crippen LogP contribution is -2.13. The normalized spacial score (nSPS) is 10.9. The van der Waals surface area contributed by atoms with Crippen LogP contribution in [0.15, 0.2) is 28.8 Å². The Labute approximate surface area is 113 Å². The molecule has 0 spiro atoms. The fourth-order valence-electron chi connectivity index (χ4n) is 2.05. The minimum Gasteiger partial charge on any atom is -0.451 e. The Morgan fingerprint density at radius 3 is 2.90 bits per heavy atom. The maximum Gasteiger partial charge on any atom is 0.292 e. The number of aromatic nitrogens is 2. The smallest absolute Gasteiger partial charge is 0.292 e. The van der Waals surface area contributed by atoms with Crippen LogP contribution in [0.25, 0.3) is 11.0 Å². The summed E-state index contributed by atoms with van der Waals surface area (Å²) >= 11 is 0. The first-order valence-corrected chi connectivity index (χ1v) is 6.06. The highest BCUT2D eigenvalue weighted by Gasteiger charge is 2.19. The number of hydrogen-bond donors (Lipinski definition) is 2. The Morgan fingerprint density at radius 2 is 2.20 bits per heavy atom. The third kappa shape index (κ3) is 1.95. The summed E-state index contributed by atoms with van der Waals surface area (Å²) in [5.74, 6) is -0.0788. The van der Waals surface area contributed by atoms with Crippen molar-refractivity contribution in [1.29, 1.82) is 0 Å². The number of hydrogen-bond acceptors (Lipinski definition) is 3. The third-order valence-electron chi connectivity index (χ3n) is 3.17. The Kier molecular flexibility index (Phi) is 2.78. The summed E-state index contributed by atoms with van der Waals surface area (Å²) in [4.78, 5) is 12.2. The second-order valence-corrected chi connectivity index (χ2v) is 4.58. The van der Waals surface area contributed by atoms with E-state index in [0.29, 0.717) is 22.4 Å². The summed E-state index contributed by atoms with van der Waals surface area (Å²) in [6.07, 6.45) is 1.61. The van der Waals surface area contributed by atoms with Gasteiger partial charge in [0.2, 0.25) is 0 Å². The standard InChI is InChI=1S/C14H12FN3O2/c1-7-6-16-18-13(7)17-14(19)12-8(2)10-5-9(15)3-4-11(10)20-12/h3-6H,1-2H3,(H2,16,17,18,19). The molecule has 2 aromatic heterocycles. The Hall–Kier alpha value is -2.63. The molecule has 0 aliphatic carbocycles. The fourth-order valence-corrected chi connectivity index (χ4v) is 2.05. The Balaban J connectivity index is 2.00. The summed E-state index contributed by atoms with van der Waals surface area (Å²) in [5.41, 5.74) is 1.91. The molecule has 5 nitrogen and oxygen atoms in total. The average molecular weight is 273 g/mol. The summed E-state index contributed by atoms with van der Waals surface area (Å²) in [6, 6.07) is 4.16. The highest BCUT2D eigenvalue weighted by Crippen LogP contribution is 2.26. The molecule has 0 fully saturated rings. The van der Waals surface area contributed by atoms with Crippen molar-refractivity contribution in [3.05, 3.63) is 47.1 Å². The highest BCUT2D eigenvalue weighted by molar-refractivity contribution is 6.06. The van der Waals surface area contributed by atoms with E-state index in [4.69, 9.17) is 4.42 Å². The summed E-state index contributed by atoms with van der Waals surface area (Å²) in [6.45, 7) is 3.54.